The summed E-state index contributed by atoms with van der Waals surface area (Å²) in [5.74, 6) is -1.37. The van der Waals surface area contributed by atoms with E-state index in [4.69, 9.17) is 4.74 Å². The van der Waals surface area contributed by atoms with Gasteiger partial charge in [-0.2, -0.15) is 0 Å². The van der Waals surface area contributed by atoms with E-state index in [9.17, 15) is 18.8 Å². The van der Waals surface area contributed by atoms with Gasteiger partial charge in [-0.3, -0.25) is 14.9 Å². The lowest BCUT2D eigenvalue weighted by Crippen LogP contribution is -2.54. The molecule has 172 valence electrons. The van der Waals surface area contributed by atoms with E-state index in [-0.39, 0.29) is 18.0 Å². The van der Waals surface area contributed by atoms with Crippen LogP contribution in [0.3, 0.4) is 0 Å². The maximum Gasteiger partial charge on any atom is 0.335 e. The van der Waals surface area contributed by atoms with Crippen molar-refractivity contribution in [1.82, 2.24) is 5.32 Å². The third-order valence-corrected chi connectivity index (χ3v) is 5.79. The fraction of sp³-hybridized carbons (Fsp3) is 0.115. The van der Waals surface area contributed by atoms with Crippen LogP contribution in [0.15, 0.2) is 70.7 Å². The normalized spacial score (nSPS) is 15.0. The number of urea groups is 1. The predicted molar refractivity (Wildman–Crippen MR) is 130 cm³/mol. The van der Waals surface area contributed by atoms with Crippen LogP contribution in [0.4, 0.5) is 14.9 Å². The minimum absolute atomic E-state index is 0.0413. The number of benzene rings is 3. The highest BCUT2D eigenvalue weighted by Crippen LogP contribution is 2.29. The van der Waals surface area contributed by atoms with E-state index >= 15 is 0 Å². The van der Waals surface area contributed by atoms with E-state index in [0.29, 0.717) is 27.0 Å². The Balaban J connectivity index is 1.59. The molecule has 3 aromatic rings. The highest BCUT2D eigenvalue weighted by atomic mass is 79.9. The number of rotatable bonds is 5. The van der Waals surface area contributed by atoms with E-state index in [1.807, 2.05) is 19.9 Å². The lowest BCUT2D eigenvalue weighted by Gasteiger charge is -2.27. The number of nitrogens with zero attached hydrogens (tertiary/aromatic N) is 1. The Bertz CT molecular complexity index is 1330. The van der Waals surface area contributed by atoms with Gasteiger partial charge in [0.25, 0.3) is 11.8 Å². The Morgan fingerprint density at radius 3 is 2.38 bits per heavy atom. The average molecular weight is 523 g/mol. The van der Waals surface area contributed by atoms with Gasteiger partial charge in [-0.05, 0) is 82.9 Å². The van der Waals surface area contributed by atoms with Gasteiger partial charge in [-0.25, -0.2) is 14.1 Å². The number of aryl methyl sites for hydroxylation is 2. The Kier molecular flexibility index (Phi) is 6.61. The zero-order valence-electron chi connectivity index (χ0n) is 18.4. The molecular weight excluding hydrogens is 503 g/mol. The molecule has 1 heterocycles. The molecule has 4 amide bonds. The topological polar surface area (TPSA) is 75.7 Å². The molecule has 0 saturated carbocycles. The smallest absolute Gasteiger partial charge is 0.335 e. The van der Waals surface area contributed by atoms with Crippen LogP contribution in [-0.2, 0) is 16.2 Å². The molecule has 34 heavy (non-hydrogen) atoms. The van der Waals surface area contributed by atoms with E-state index < -0.39 is 17.8 Å². The van der Waals surface area contributed by atoms with Gasteiger partial charge in [0.1, 0.15) is 23.7 Å². The molecule has 1 aliphatic heterocycles. The van der Waals surface area contributed by atoms with Crippen LogP contribution in [0.2, 0.25) is 0 Å². The van der Waals surface area contributed by atoms with E-state index in [1.54, 1.807) is 48.5 Å². The zero-order valence-corrected chi connectivity index (χ0v) is 20.0. The SMILES string of the molecule is Cc1cc(C)cc(N2C(=O)NC(=O)/C(=C\c3ccc(OCc4ccccc4F)c(Br)c3)C2=O)c1. The number of hydrogen-bond acceptors (Lipinski definition) is 4. The average Bonchev–Trinajstić information content (AvgIpc) is 2.76. The minimum atomic E-state index is -0.796. The van der Waals surface area contributed by atoms with Crippen LogP contribution in [-0.4, -0.2) is 17.8 Å². The summed E-state index contributed by atoms with van der Waals surface area (Å²) in [7, 11) is 0. The number of amides is 4. The van der Waals surface area contributed by atoms with Crippen LogP contribution >= 0.6 is 15.9 Å². The first-order chi connectivity index (χ1) is 16.2. The molecule has 1 aliphatic rings. The molecule has 0 spiro atoms. The Morgan fingerprint density at radius 2 is 1.71 bits per heavy atom. The number of barbiturate groups is 1. The molecule has 0 bridgehead atoms. The van der Waals surface area contributed by atoms with Crippen LogP contribution < -0.4 is 15.0 Å². The number of carbonyl (C=O) groups excluding carboxylic acids is 3. The molecule has 3 aromatic carbocycles. The summed E-state index contributed by atoms with van der Waals surface area (Å²) in [4.78, 5) is 39.0. The second kappa shape index (κ2) is 9.61. The van der Waals surface area contributed by atoms with Crippen molar-refractivity contribution < 1.29 is 23.5 Å². The van der Waals surface area contributed by atoms with Gasteiger partial charge in [0.2, 0.25) is 0 Å². The summed E-state index contributed by atoms with van der Waals surface area (Å²) in [5, 5.41) is 2.22. The highest BCUT2D eigenvalue weighted by molar-refractivity contribution is 9.10. The maximum atomic E-state index is 13.8. The van der Waals surface area contributed by atoms with Crippen LogP contribution in [0.25, 0.3) is 6.08 Å². The fourth-order valence-corrected chi connectivity index (χ4v) is 4.14. The summed E-state index contributed by atoms with van der Waals surface area (Å²) in [5.41, 5.74) is 2.93. The third-order valence-electron chi connectivity index (χ3n) is 5.17. The summed E-state index contributed by atoms with van der Waals surface area (Å²) < 4.78 is 20.1. The van der Waals surface area contributed by atoms with Gasteiger partial charge in [0.05, 0.1) is 10.2 Å². The summed E-state index contributed by atoms with van der Waals surface area (Å²) in [6.07, 6.45) is 1.41. The summed E-state index contributed by atoms with van der Waals surface area (Å²) in [6.45, 7) is 3.76. The molecule has 8 heteroatoms. The van der Waals surface area contributed by atoms with Crippen molar-refractivity contribution in [3.05, 3.63) is 98.8 Å². The van der Waals surface area contributed by atoms with Gasteiger partial charge >= 0.3 is 6.03 Å². The number of carbonyl (C=O) groups is 3. The Morgan fingerprint density at radius 1 is 1.00 bits per heavy atom. The standard InChI is InChI=1S/C26H20BrFN2O4/c1-15-9-16(2)11-19(10-15)30-25(32)20(24(31)29-26(30)33)12-17-7-8-23(21(27)13-17)34-14-18-5-3-4-6-22(18)28/h3-13H,14H2,1-2H3,(H,29,31,33)/b20-12+. The van der Waals surface area contributed by atoms with Crippen molar-refractivity contribution in [2.75, 3.05) is 4.90 Å². The second-order valence-electron chi connectivity index (χ2n) is 7.87. The number of nitrogens with one attached hydrogen (secondary N) is 1. The molecule has 1 N–H and O–H groups in total. The third kappa shape index (κ3) is 4.92. The monoisotopic (exact) mass is 522 g/mol. The lowest BCUT2D eigenvalue weighted by molar-refractivity contribution is -0.122. The van der Waals surface area contributed by atoms with Crippen molar-refractivity contribution in [3.63, 3.8) is 0 Å². The molecule has 0 atom stereocenters. The van der Waals surface area contributed by atoms with Gasteiger partial charge < -0.3 is 4.74 Å². The maximum absolute atomic E-state index is 13.8. The van der Waals surface area contributed by atoms with Gasteiger partial charge in [0.15, 0.2) is 0 Å². The van der Waals surface area contributed by atoms with Gasteiger partial charge in [0, 0.05) is 5.56 Å². The van der Waals surface area contributed by atoms with Crippen molar-refractivity contribution in [3.8, 4) is 5.75 Å². The Labute approximate surface area is 204 Å². The molecule has 1 saturated heterocycles. The van der Waals surface area contributed by atoms with Gasteiger partial charge in [-0.1, -0.05) is 30.3 Å². The summed E-state index contributed by atoms with van der Waals surface area (Å²) >= 11 is 3.41. The van der Waals surface area contributed by atoms with E-state index in [1.165, 1.54) is 12.1 Å². The van der Waals surface area contributed by atoms with Crippen LogP contribution in [0.1, 0.15) is 22.3 Å². The summed E-state index contributed by atoms with van der Waals surface area (Å²) in [6, 6.07) is 15.8. The first-order valence-electron chi connectivity index (χ1n) is 10.4. The van der Waals surface area contributed by atoms with E-state index in [2.05, 4.69) is 21.2 Å². The number of anilines is 1. The Hall–Kier alpha value is -3.78. The first kappa shape index (κ1) is 23.4. The number of imide groups is 2. The second-order valence-corrected chi connectivity index (χ2v) is 8.73. The molecule has 0 aliphatic carbocycles. The number of hydrogen-bond donors (Lipinski definition) is 1. The number of halogens is 2. The molecule has 1 fully saturated rings. The molecular formula is C26H20BrFN2O4. The highest BCUT2D eigenvalue weighted by Gasteiger charge is 2.37. The molecule has 0 radical (unpaired) electrons. The molecule has 0 unspecified atom stereocenters. The zero-order chi connectivity index (χ0) is 24.4. The van der Waals surface area contributed by atoms with Crippen molar-refractivity contribution in [2.45, 2.75) is 20.5 Å². The quantitative estimate of drug-likeness (QED) is 0.357. The van der Waals surface area contributed by atoms with Crippen molar-refractivity contribution >= 4 is 45.5 Å². The molecule has 0 aromatic heterocycles. The molecule has 6 nitrogen and oxygen atoms in total. The fourth-order valence-electron chi connectivity index (χ4n) is 3.63. The van der Waals surface area contributed by atoms with Crippen molar-refractivity contribution in [1.29, 1.82) is 0 Å². The van der Waals surface area contributed by atoms with Crippen LogP contribution in [0, 0.1) is 19.7 Å². The first-order valence-corrected chi connectivity index (χ1v) is 11.2. The van der Waals surface area contributed by atoms with Crippen molar-refractivity contribution in [2.24, 2.45) is 0 Å². The predicted octanol–water partition coefficient (Wildman–Crippen LogP) is 5.45. The largest absolute Gasteiger partial charge is 0.488 e. The minimum Gasteiger partial charge on any atom is -0.488 e. The molecule has 4 rings (SSSR count). The van der Waals surface area contributed by atoms with Crippen LogP contribution in [0.5, 0.6) is 5.75 Å². The lowest BCUT2D eigenvalue weighted by atomic mass is 10.1. The van der Waals surface area contributed by atoms with Gasteiger partial charge in [-0.15, -0.1) is 0 Å². The van der Waals surface area contributed by atoms with E-state index in [0.717, 1.165) is 16.0 Å². The number of ether oxygens (including phenoxy) is 1.